The van der Waals surface area contributed by atoms with Gasteiger partial charge in [0, 0.05) is 13.6 Å². The average molecular weight is 270 g/mol. The zero-order valence-electron chi connectivity index (χ0n) is 11.7. The Morgan fingerprint density at radius 3 is 2.26 bits per heavy atom. The van der Waals surface area contributed by atoms with Gasteiger partial charge in [-0.3, -0.25) is 14.4 Å². The Balaban J connectivity index is 2.53. The van der Waals surface area contributed by atoms with E-state index < -0.39 is 17.3 Å². The molecule has 1 saturated carbocycles. The maximum absolute atomic E-state index is 12.1. The van der Waals surface area contributed by atoms with E-state index in [0.717, 1.165) is 6.42 Å². The lowest BCUT2D eigenvalue weighted by Gasteiger charge is -2.38. The molecule has 0 heterocycles. The fourth-order valence-electron chi connectivity index (χ4n) is 2.08. The van der Waals surface area contributed by atoms with Gasteiger partial charge in [-0.1, -0.05) is 20.3 Å². The highest BCUT2D eigenvalue weighted by Crippen LogP contribution is 2.42. The summed E-state index contributed by atoms with van der Waals surface area (Å²) in [5, 5.41) is 11.9. The van der Waals surface area contributed by atoms with Gasteiger partial charge in [0.1, 0.15) is 5.41 Å². The third-order valence-electron chi connectivity index (χ3n) is 3.46. The number of carboxylic acids is 1. The number of hydrogen-bond donors (Lipinski definition) is 2. The van der Waals surface area contributed by atoms with Crippen molar-refractivity contribution in [3.63, 3.8) is 0 Å². The minimum absolute atomic E-state index is 0.0966. The molecular weight excluding hydrogens is 248 g/mol. The van der Waals surface area contributed by atoms with Gasteiger partial charge in [-0.15, -0.1) is 0 Å². The predicted octanol–water partition coefficient (Wildman–Crippen LogP) is 0.472. The summed E-state index contributed by atoms with van der Waals surface area (Å²) in [5.74, 6) is -1.48. The van der Waals surface area contributed by atoms with Crippen LogP contribution in [0.15, 0.2) is 0 Å². The molecule has 0 saturated heterocycles. The molecule has 2 amide bonds. The number of carboxylic acid groups (broad SMARTS) is 1. The van der Waals surface area contributed by atoms with Crippen LogP contribution in [0.25, 0.3) is 0 Å². The Bertz CT molecular complexity index is 375. The summed E-state index contributed by atoms with van der Waals surface area (Å²) in [6.45, 7) is 4.40. The maximum Gasteiger partial charge on any atom is 0.319 e. The highest BCUT2D eigenvalue weighted by Gasteiger charge is 2.52. The molecular formula is C13H22N2O4. The van der Waals surface area contributed by atoms with Crippen molar-refractivity contribution in [1.29, 1.82) is 0 Å². The molecule has 1 fully saturated rings. The van der Waals surface area contributed by atoms with E-state index in [-0.39, 0.29) is 12.5 Å². The molecule has 0 spiro atoms. The van der Waals surface area contributed by atoms with Gasteiger partial charge in [0.25, 0.3) is 0 Å². The molecule has 19 heavy (non-hydrogen) atoms. The SMILES string of the molecule is CC(C)CNC(=O)CN(C)C(=O)C1(C(=O)O)CCC1. The van der Waals surface area contributed by atoms with Crippen molar-refractivity contribution in [1.82, 2.24) is 10.2 Å². The summed E-state index contributed by atoms with van der Waals surface area (Å²) >= 11 is 0. The van der Waals surface area contributed by atoms with Crippen LogP contribution in [0, 0.1) is 11.3 Å². The van der Waals surface area contributed by atoms with E-state index in [0.29, 0.717) is 25.3 Å². The largest absolute Gasteiger partial charge is 0.480 e. The summed E-state index contributed by atoms with van der Waals surface area (Å²) in [6.07, 6.45) is 1.46. The van der Waals surface area contributed by atoms with Gasteiger partial charge in [-0.2, -0.15) is 0 Å². The Kier molecular flexibility index (Phi) is 4.91. The van der Waals surface area contributed by atoms with Crippen LogP contribution in [0.1, 0.15) is 33.1 Å². The Morgan fingerprint density at radius 2 is 1.89 bits per heavy atom. The maximum atomic E-state index is 12.1. The molecule has 0 aromatic rings. The summed E-state index contributed by atoms with van der Waals surface area (Å²) in [7, 11) is 1.47. The molecule has 0 bridgehead atoms. The van der Waals surface area contributed by atoms with Crippen LogP contribution in [0.2, 0.25) is 0 Å². The third-order valence-corrected chi connectivity index (χ3v) is 3.46. The number of likely N-dealkylation sites (N-methyl/N-ethyl adjacent to an activating group) is 1. The van der Waals surface area contributed by atoms with Crippen LogP contribution < -0.4 is 5.32 Å². The van der Waals surface area contributed by atoms with Gasteiger partial charge in [-0.25, -0.2) is 0 Å². The smallest absolute Gasteiger partial charge is 0.319 e. The van der Waals surface area contributed by atoms with Gasteiger partial charge in [0.15, 0.2) is 0 Å². The molecule has 2 N–H and O–H groups in total. The predicted molar refractivity (Wildman–Crippen MR) is 69.4 cm³/mol. The van der Waals surface area contributed by atoms with Gasteiger partial charge >= 0.3 is 5.97 Å². The molecule has 1 aliphatic rings. The Labute approximate surface area is 113 Å². The fourth-order valence-corrected chi connectivity index (χ4v) is 2.08. The summed E-state index contributed by atoms with van der Waals surface area (Å²) in [5.41, 5.74) is -1.30. The first-order valence-electron chi connectivity index (χ1n) is 6.55. The third kappa shape index (κ3) is 3.45. The van der Waals surface area contributed by atoms with Gasteiger partial charge in [0.05, 0.1) is 6.54 Å². The van der Waals surface area contributed by atoms with Crippen LogP contribution in [0.3, 0.4) is 0 Å². The summed E-state index contributed by atoms with van der Waals surface area (Å²) in [4.78, 5) is 36.2. The number of nitrogens with zero attached hydrogens (tertiary/aromatic N) is 1. The Hall–Kier alpha value is -1.59. The molecule has 0 aromatic carbocycles. The molecule has 1 aliphatic carbocycles. The lowest BCUT2D eigenvalue weighted by Crippen LogP contribution is -2.53. The molecule has 6 nitrogen and oxygen atoms in total. The van der Waals surface area contributed by atoms with Crippen molar-refractivity contribution in [2.75, 3.05) is 20.1 Å². The molecule has 0 atom stereocenters. The second kappa shape index (κ2) is 6.04. The van der Waals surface area contributed by atoms with Crippen molar-refractivity contribution in [3.8, 4) is 0 Å². The van der Waals surface area contributed by atoms with Crippen LogP contribution in [-0.2, 0) is 14.4 Å². The van der Waals surface area contributed by atoms with Crippen molar-refractivity contribution in [2.24, 2.45) is 11.3 Å². The van der Waals surface area contributed by atoms with E-state index in [4.69, 9.17) is 5.11 Å². The second-order valence-electron chi connectivity index (χ2n) is 5.60. The van der Waals surface area contributed by atoms with Crippen molar-refractivity contribution < 1.29 is 19.5 Å². The summed E-state index contributed by atoms with van der Waals surface area (Å²) < 4.78 is 0. The zero-order chi connectivity index (χ0) is 14.6. The van der Waals surface area contributed by atoms with Crippen LogP contribution in [0.4, 0.5) is 0 Å². The number of carbonyl (C=O) groups excluding carboxylic acids is 2. The van der Waals surface area contributed by atoms with E-state index in [9.17, 15) is 14.4 Å². The van der Waals surface area contributed by atoms with Gasteiger partial charge in [0.2, 0.25) is 11.8 Å². The van der Waals surface area contributed by atoms with Gasteiger partial charge < -0.3 is 15.3 Å². The number of carbonyl (C=O) groups is 3. The van der Waals surface area contributed by atoms with Crippen molar-refractivity contribution in [2.45, 2.75) is 33.1 Å². The van der Waals surface area contributed by atoms with Crippen LogP contribution >= 0.6 is 0 Å². The second-order valence-corrected chi connectivity index (χ2v) is 5.60. The first-order valence-corrected chi connectivity index (χ1v) is 6.55. The highest BCUT2D eigenvalue weighted by atomic mass is 16.4. The average Bonchev–Trinajstić information content (AvgIpc) is 2.23. The zero-order valence-corrected chi connectivity index (χ0v) is 11.7. The van der Waals surface area contributed by atoms with E-state index in [1.165, 1.54) is 11.9 Å². The van der Waals surface area contributed by atoms with Gasteiger partial charge in [-0.05, 0) is 18.8 Å². The van der Waals surface area contributed by atoms with E-state index in [2.05, 4.69) is 5.32 Å². The number of amides is 2. The summed E-state index contributed by atoms with van der Waals surface area (Å²) in [6, 6.07) is 0. The van der Waals surface area contributed by atoms with Crippen molar-refractivity contribution in [3.05, 3.63) is 0 Å². The van der Waals surface area contributed by atoms with Crippen molar-refractivity contribution >= 4 is 17.8 Å². The lowest BCUT2D eigenvalue weighted by atomic mass is 9.68. The number of rotatable bonds is 6. The standard InChI is InChI=1S/C13H22N2O4/c1-9(2)7-14-10(16)8-15(3)11(17)13(12(18)19)5-4-6-13/h9H,4-8H2,1-3H3,(H,14,16)(H,18,19). The minimum atomic E-state index is -1.30. The monoisotopic (exact) mass is 270 g/mol. The molecule has 0 unspecified atom stereocenters. The van der Waals surface area contributed by atoms with E-state index in [1.807, 2.05) is 13.8 Å². The topological polar surface area (TPSA) is 86.7 Å². The number of aliphatic carboxylic acids is 1. The quantitative estimate of drug-likeness (QED) is 0.687. The molecule has 0 aromatic heterocycles. The van der Waals surface area contributed by atoms with Crippen LogP contribution in [-0.4, -0.2) is 47.9 Å². The molecule has 6 heteroatoms. The molecule has 0 radical (unpaired) electrons. The van der Waals surface area contributed by atoms with E-state index >= 15 is 0 Å². The minimum Gasteiger partial charge on any atom is -0.480 e. The van der Waals surface area contributed by atoms with Crippen LogP contribution in [0.5, 0.6) is 0 Å². The first-order chi connectivity index (χ1) is 8.79. The first kappa shape index (κ1) is 15.5. The highest BCUT2D eigenvalue weighted by molar-refractivity contribution is 6.03. The normalized spacial score (nSPS) is 16.6. The number of hydrogen-bond acceptors (Lipinski definition) is 3. The number of nitrogens with one attached hydrogen (secondary N) is 1. The van der Waals surface area contributed by atoms with E-state index in [1.54, 1.807) is 0 Å². The molecule has 1 rings (SSSR count). The fraction of sp³-hybridized carbons (Fsp3) is 0.769. The lowest BCUT2D eigenvalue weighted by molar-refractivity contribution is -0.167. The molecule has 108 valence electrons. The Morgan fingerprint density at radius 1 is 1.32 bits per heavy atom. The molecule has 0 aliphatic heterocycles.